The predicted molar refractivity (Wildman–Crippen MR) is 126 cm³/mol. The molecule has 0 saturated carbocycles. The highest BCUT2D eigenvalue weighted by atomic mass is 16.5. The maximum Gasteiger partial charge on any atom is 0.325 e. The summed E-state index contributed by atoms with van der Waals surface area (Å²) in [5.41, 5.74) is 3.12. The number of piperazine rings is 1. The number of carbonyl (C=O) groups is 3. The van der Waals surface area contributed by atoms with E-state index in [1.807, 2.05) is 37.3 Å². The molecule has 2 fully saturated rings. The molecule has 0 unspecified atom stereocenters. The van der Waals surface area contributed by atoms with Crippen LogP contribution in [0.15, 0.2) is 42.5 Å². The first-order valence-electron chi connectivity index (χ1n) is 11.8. The molecule has 0 spiro atoms. The van der Waals surface area contributed by atoms with Gasteiger partial charge in [0.05, 0.1) is 6.61 Å². The van der Waals surface area contributed by atoms with E-state index in [-0.39, 0.29) is 12.5 Å². The summed E-state index contributed by atoms with van der Waals surface area (Å²) >= 11 is 0. The molecule has 3 heterocycles. The number of amides is 4. The van der Waals surface area contributed by atoms with Gasteiger partial charge in [0.1, 0.15) is 17.8 Å². The lowest BCUT2D eigenvalue weighted by molar-refractivity contribution is -0.139. The van der Waals surface area contributed by atoms with Crippen LogP contribution in [0, 0.1) is 6.92 Å². The molecule has 1 atom stereocenters. The highest BCUT2D eigenvalue weighted by molar-refractivity contribution is 6.09. The number of carbonyl (C=O) groups excluding carboxylic acids is 3. The van der Waals surface area contributed by atoms with Crippen molar-refractivity contribution in [2.24, 2.45) is 0 Å². The van der Waals surface area contributed by atoms with E-state index in [2.05, 4.69) is 22.3 Å². The van der Waals surface area contributed by atoms with Gasteiger partial charge < -0.3 is 15.0 Å². The number of imide groups is 1. The third kappa shape index (κ3) is 4.14. The maximum absolute atomic E-state index is 13.1. The first kappa shape index (κ1) is 22.4. The number of ether oxygens (including phenoxy) is 1. The summed E-state index contributed by atoms with van der Waals surface area (Å²) in [6.45, 7) is 7.65. The smallest absolute Gasteiger partial charge is 0.325 e. The molecule has 3 aliphatic heterocycles. The topological polar surface area (TPSA) is 82.2 Å². The molecule has 2 aromatic carbocycles. The second-order valence-electron chi connectivity index (χ2n) is 9.51. The van der Waals surface area contributed by atoms with Gasteiger partial charge >= 0.3 is 6.03 Å². The third-order valence-corrected chi connectivity index (χ3v) is 7.08. The zero-order chi connectivity index (χ0) is 23.9. The van der Waals surface area contributed by atoms with E-state index in [4.69, 9.17) is 4.74 Å². The number of nitrogens with one attached hydrogen (secondary N) is 1. The van der Waals surface area contributed by atoms with Crippen molar-refractivity contribution in [2.45, 2.75) is 32.4 Å². The zero-order valence-corrected chi connectivity index (χ0v) is 19.7. The van der Waals surface area contributed by atoms with Crippen LogP contribution >= 0.6 is 0 Å². The monoisotopic (exact) mass is 462 g/mol. The van der Waals surface area contributed by atoms with E-state index in [1.165, 1.54) is 11.1 Å². The fraction of sp³-hybridized carbons (Fsp3) is 0.423. The van der Waals surface area contributed by atoms with Crippen molar-refractivity contribution >= 4 is 17.8 Å². The molecule has 0 aromatic heterocycles. The van der Waals surface area contributed by atoms with Gasteiger partial charge in [-0.15, -0.1) is 0 Å². The average Bonchev–Trinajstić information content (AvgIpc) is 3.38. The highest BCUT2D eigenvalue weighted by Gasteiger charge is 2.49. The van der Waals surface area contributed by atoms with Crippen LogP contribution in [0.3, 0.4) is 0 Å². The number of fused-ring (bicyclic) bond motifs is 1. The summed E-state index contributed by atoms with van der Waals surface area (Å²) in [6.07, 6.45) is 0.956. The number of hydrogen-bond acceptors (Lipinski definition) is 5. The summed E-state index contributed by atoms with van der Waals surface area (Å²) in [5, 5.41) is 2.78. The van der Waals surface area contributed by atoms with E-state index in [9.17, 15) is 14.4 Å². The molecule has 0 aliphatic carbocycles. The molecule has 4 amide bonds. The Balaban J connectivity index is 1.16. The van der Waals surface area contributed by atoms with E-state index in [0.717, 1.165) is 48.9 Å². The van der Waals surface area contributed by atoms with Gasteiger partial charge in [-0.05, 0) is 36.6 Å². The molecule has 1 N–H and O–H groups in total. The van der Waals surface area contributed by atoms with Crippen LogP contribution in [0.4, 0.5) is 4.79 Å². The summed E-state index contributed by atoms with van der Waals surface area (Å²) < 4.78 is 5.58. The van der Waals surface area contributed by atoms with Gasteiger partial charge in [0.2, 0.25) is 5.91 Å². The number of benzene rings is 2. The Morgan fingerprint density at radius 1 is 1.06 bits per heavy atom. The summed E-state index contributed by atoms with van der Waals surface area (Å²) in [6, 6.07) is 13.3. The Labute approximate surface area is 199 Å². The normalized spacial score (nSPS) is 22.5. The van der Waals surface area contributed by atoms with Gasteiger partial charge in [0.25, 0.3) is 5.91 Å². The second-order valence-corrected chi connectivity index (χ2v) is 9.51. The molecule has 0 bridgehead atoms. The van der Waals surface area contributed by atoms with E-state index in [1.54, 1.807) is 11.8 Å². The summed E-state index contributed by atoms with van der Waals surface area (Å²) in [5.74, 6) is 0.387. The van der Waals surface area contributed by atoms with Crippen molar-refractivity contribution in [3.8, 4) is 5.75 Å². The van der Waals surface area contributed by atoms with Crippen LogP contribution in [-0.4, -0.2) is 71.9 Å². The molecule has 5 rings (SSSR count). The molecule has 2 saturated heterocycles. The molecular weight excluding hydrogens is 432 g/mol. The fourth-order valence-corrected chi connectivity index (χ4v) is 4.91. The minimum absolute atomic E-state index is 0.203. The molecule has 3 aliphatic rings. The Bertz CT molecular complexity index is 1120. The van der Waals surface area contributed by atoms with Crippen molar-refractivity contribution < 1.29 is 19.1 Å². The highest BCUT2D eigenvalue weighted by Crippen LogP contribution is 2.29. The molecule has 178 valence electrons. The number of rotatable bonds is 5. The van der Waals surface area contributed by atoms with Crippen LogP contribution in [0.2, 0.25) is 0 Å². The maximum atomic E-state index is 13.1. The van der Waals surface area contributed by atoms with Crippen molar-refractivity contribution in [3.63, 3.8) is 0 Å². The van der Waals surface area contributed by atoms with E-state index >= 15 is 0 Å². The molecule has 0 radical (unpaired) electrons. The number of aryl methyl sites for hydroxylation is 1. The SMILES string of the molecule is Cc1ccc([C@]2(C)NC(=O)N(CC(=O)N3CCN(Cc4ccc5c(c4)CCO5)CC3)C2=O)cc1. The van der Waals surface area contributed by atoms with Crippen LogP contribution in [0.25, 0.3) is 0 Å². The number of urea groups is 1. The second kappa shape index (κ2) is 8.76. The standard InChI is InChI=1S/C26H30N4O4/c1-18-3-6-21(7-4-18)26(2)24(32)30(25(33)27-26)17-23(31)29-12-10-28(11-13-29)16-19-5-8-22-20(15-19)9-14-34-22/h3-8,15H,9-14,16-17H2,1-2H3,(H,27,33)/t26-/m0/s1. The minimum Gasteiger partial charge on any atom is -0.493 e. The van der Waals surface area contributed by atoms with Gasteiger partial charge in [-0.3, -0.25) is 19.4 Å². The minimum atomic E-state index is -1.16. The fourth-order valence-electron chi connectivity index (χ4n) is 4.91. The number of hydrogen-bond donors (Lipinski definition) is 1. The summed E-state index contributed by atoms with van der Waals surface area (Å²) in [4.78, 5) is 43.8. The van der Waals surface area contributed by atoms with Gasteiger partial charge in [0.15, 0.2) is 0 Å². The van der Waals surface area contributed by atoms with Crippen molar-refractivity contribution in [3.05, 3.63) is 64.7 Å². The first-order chi connectivity index (χ1) is 16.3. The van der Waals surface area contributed by atoms with Crippen LogP contribution in [-0.2, 0) is 28.1 Å². The average molecular weight is 463 g/mol. The lowest BCUT2D eigenvalue weighted by Gasteiger charge is -2.35. The number of nitrogens with zero attached hydrogens (tertiary/aromatic N) is 3. The largest absolute Gasteiger partial charge is 0.493 e. The van der Waals surface area contributed by atoms with Gasteiger partial charge in [0, 0.05) is 39.1 Å². The first-order valence-corrected chi connectivity index (χ1v) is 11.8. The molecule has 2 aromatic rings. The van der Waals surface area contributed by atoms with Crippen LogP contribution in [0.5, 0.6) is 5.75 Å². The molecule has 34 heavy (non-hydrogen) atoms. The lowest BCUT2D eigenvalue weighted by Crippen LogP contribution is -2.51. The molecule has 8 heteroatoms. The Hall–Kier alpha value is -3.39. The molecule has 8 nitrogen and oxygen atoms in total. The quantitative estimate of drug-likeness (QED) is 0.688. The third-order valence-electron chi connectivity index (χ3n) is 7.08. The van der Waals surface area contributed by atoms with E-state index in [0.29, 0.717) is 18.7 Å². The van der Waals surface area contributed by atoms with Gasteiger partial charge in [-0.25, -0.2) is 4.79 Å². The molecular formula is C26H30N4O4. The Morgan fingerprint density at radius 2 is 1.79 bits per heavy atom. The van der Waals surface area contributed by atoms with E-state index < -0.39 is 17.5 Å². The lowest BCUT2D eigenvalue weighted by atomic mass is 9.91. The summed E-state index contributed by atoms with van der Waals surface area (Å²) in [7, 11) is 0. The van der Waals surface area contributed by atoms with Crippen LogP contribution < -0.4 is 10.1 Å². The van der Waals surface area contributed by atoms with Crippen molar-refractivity contribution in [2.75, 3.05) is 39.3 Å². The predicted octanol–water partition coefficient (Wildman–Crippen LogP) is 2.04. The van der Waals surface area contributed by atoms with Crippen molar-refractivity contribution in [1.82, 2.24) is 20.0 Å². The van der Waals surface area contributed by atoms with Gasteiger partial charge in [-0.2, -0.15) is 0 Å². The Kier molecular flexibility index (Phi) is 5.77. The van der Waals surface area contributed by atoms with Gasteiger partial charge in [-0.1, -0.05) is 42.0 Å². The zero-order valence-electron chi connectivity index (χ0n) is 19.7. The van der Waals surface area contributed by atoms with Crippen molar-refractivity contribution in [1.29, 1.82) is 0 Å². The van der Waals surface area contributed by atoms with Crippen LogP contribution in [0.1, 0.15) is 29.2 Å². The Morgan fingerprint density at radius 3 is 2.53 bits per heavy atom.